The van der Waals surface area contributed by atoms with Gasteiger partial charge in [0.1, 0.15) is 9.64 Å². The molecule has 1 aromatic heterocycles. The lowest BCUT2D eigenvalue weighted by atomic mass is 9.91. The number of aromatic nitrogens is 1. The Morgan fingerprint density at radius 3 is 2.48 bits per heavy atom. The van der Waals surface area contributed by atoms with E-state index in [1.54, 1.807) is 13.8 Å². The maximum absolute atomic E-state index is 14.0. The summed E-state index contributed by atoms with van der Waals surface area (Å²) in [4.78, 5) is 11.6. The Hall–Kier alpha value is -2.33. The quantitative estimate of drug-likeness (QED) is 0.768. The van der Waals surface area contributed by atoms with Crippen molar-refractivity contribution in [2.24, 2.45) is 0 Å². The molecule has 7 nitrogen and oxygen atoms in total. The van der Waals surface area contributed by atoms with Crippen LogP contribution in [-0.2, 0) is 20.0 Å². The highest BCUT2D eigenvalue weighted by molar-refractivity contribution is 7.93. The Bertz CT molecular complexity index is 967. The minimum atomic E-state index is -4.57. The molecule has 0 atom stereocenters. The topological polar surface area (TPSA) is 110 Å². The predicted octanol–water partition coefficient (Wildman–Crippen LogP) is 2.41. The Labute approximate surface area is 155 Å². The number of sulfone groups is 1. The smallest absolute Gasteiger partial charge is 0.248 e. The van der Waals surface area contributed by atoms with E-state index in [1.807, 2.05) is 0 Å². The first-order valence-electron chi connectivity index (χ1n) is 7.93. The molecule has 148 valence electrons. The van der Waals surface area contributed by atoms with Crippen molar-refractivity contribution in [3.63, 3.8) is 0 Å². The molecule has 0 bridgehead atoms. The number of aliphatic hydroxyl groups excluding tert-OH is 1. The van der Waals surface area contributed by atoms with Gasteiger partial charge in [-0.2, -0.15) is 0 Å². The molecular formula is C17H20F2N2O5S. The molecular weight excluding hydrogens is 382 g/mol. The zero-order chi connectivity index (χ0) is 20.6. The van der Waals surface area contributed by atoms with Gasteiger partial charge in [0.15, 0.2) is 21.5 Å². The molecule has 1 heterocycles. The fraction of sp³-hybridized carbons (Fsp3) is 0.412. The second kappa shape index (κ2) is 7.01. The highest BCUT2D eigenvalue weighted by Gasteiger charge is 2.45. The van der Waals surface area contributed by atoms with Crippen LogP contribution in [0.25, 0.3) is 0 Å². The van der Waals surface area contributed by atoms with Gasteiger partial charge in [0, 0.05) is 11.5 Å². The van der Waals surface area contributed by atoms with Crippen LogP contribution in [0.2, 0.25) is 0 Å². The monoisotopic (exact) mass is 402 g/mol. The van der Waals surface area contributed by atoms with E-state index >= 15 is 0 Å². The molecule has 0 saturated heterocycles. The summed E-state index contributed by atoms with van der Waals surface area (Å²) >= 11 is 0. The van der Waals surface area contributed by atoms with Crippen LogP contribution in [0.5, 0.6) is 0 Å². The van der Waals surface area contributed by atoms with Crippen LogP contribution >= 0.6 is 0 Å². The van der Waals surface area contributed by atoms with E-state index in [0.717, 1.165) is 32.0 Å². The summed E-state index contributed by atoms with van der Waals surface area (Å²) < 4.78 is 55.6. The molecule has 0 saturated carbocycles. The molecule has 1 amide bonds. The molecule has 2 aromatic rings. The number of carbonyl (C=O) groups is 1. The van der Waals surface area contributed by atoms with E-state index in [1.165, 1.54) is 6.07 Å². The molecule has 0 aliphatic rings. The van der Waals surface area contributed by atoms with Gasteiger partial charge in [-0.15, -0.1) is 0 Å². The molecule has 0 fully saturated rings. The molecule has 0 aliphatic carbocycles. The molecule has 0 aliphatic heterocycles. The average molecular weight is 402 g/mol. The standard InChI is InChI=1S/C17H20F2N2O5S/c1-16(2,9-22)12-8-13(26-21-12)20-15(23)17(3,4)27(24,25)11-7-5-6-10(18)14(11)19/h5-8,22H,9H2,1-4H3,(H,20,23). The Morgan fingerprint density at radius 1 is 1.26 bits per heavy atom. The third-order valence-corrected chi connectivity index (χ3v) is 6.68. The summed E-state index contributed by atoms with van der Waals surface area (Å²) in [6, 6.07) is 4.05. The summed E-state index contributed by atoms with van der Waals surface area (Å²) in [5, 5.41) is 15.3. The molecule has 0 unspecified atom stereocenters. The number of carbonyl (C=O) groups excluding carboxylic acids is 1. The highest BCUT2D eigenvalue weighted by atomic mass is 32.2. The first-order valence-corrected chi connectivity index (χ1v) is 9.41. The zero-order valence-electron chi connectivity index (χ0n) is 15.2. The van der Waals surface area contributed by atoms with Gasteiger partial charge in [-0.25, -0.2) is 17.2 Å². The molecule has 0 spiro atoms. The van der Waals surface area contributed by atoms with Gasteiger partial charge in [-0.05, 0) is 26.0 Å². The molecule has 2 N–H and O–H groups in total. The maximum atomic E-state index is 14.0. The van der Waals surface area contributed by atoms with Crippen molar-refractivity contribution in [3.8, 4) is 0 Å². The minimum absolute atomic E-state index is 0.139. The number of anilines is 1. The summed E-state index contributed by atoms with van der Waals surface area (Å²) in [7, 11) is -4.57. The van der Waals surface area contributed by atoms with Crippen LogP contribution in [0.15, 0.2) is 33.7 Å². The fourth-order valence-electron chi connectivity index (χ4n) is 2.08. The van der Waals surface area contributed by atoms with E-state index in [0.29, 0.717) is 5.69 Å². The third kappa shape index (κ3) is 3.72. The van der Waals surface area contributed by atoms with E-state index in [4.69, 9.17) is 4.52 Å². The molecule has 2 rings (SSSR count). The molecule has 1 aromatic carbocycles. The fourth-order valence-corrected chi connectivity index (χ4v) is 3.52. The second-order valence-electron chi connectivity index (χ2n) is 7.14. The van der Waals surface area contributed by atoms with Crippen molar-refractivity contribution in [2.75, 3.05) is 11.9 Å². The normalized spacial score (nSPS) is 12.9. The van der Waals surface area contributed by atoms with Crippen molar-refractivity contribution in [3.05, 3.63) is 41.6 Å². The largest absolute Gasteiger partial charge is 0.395 e. The first kappa shape index (κ1) is 21.0. The summed E-state index contributed by atoms with van der Waals surface area (Å²) in [6.07, 6.45) is 0. The molecule has 10 heteroatoms. The Balaban J connectivity index is 2.33. The number of hydrogen-bond acceptors (Lipinski definition) is 6. The van der Waals surface area contributed by atoms with Gasteiger partial charge in [0.25, 0.3) is 0 Å². The Kier molecular flexibility index (Phi) is 5.44. The van der Waals surface area contributed by atoms with E-state index < -0.39 is 42.4 Å². The van der Waals surface area contributed by atoms with Crippen molar-refractivity contribution >= 4 is 21.6 Å². The van der Waals surface area contributed by atoms with Crippen molar-refractivity contribution < 1.29 is 31.6 Å². The number of nitrogens with one attached hydrogen (secondary N) is 1. The average Bonchev–Trinajstić information content (AvgIpc) is 3.06. The third-order valence-electron chi connectivity index (χ3n) is 4.26. The lowest BCUT2D eigenvalue weighted by molar-refractivity contribution is -0.118. The van der Waals surface area contributed by atoms with Crippen LogP contribution in [0.3, 0.4) is 0 Å². The van der Waals surface area contributed by atoms with E-state index in [2.05, 4.69) is 10.5 Å². The van der Waals surface area contributed by atoms with Gasteiger partial charge in [0.05, 0.1) is 12.3 Å². The van der Waals surface area contributed by atoms with Gasteiger partial charge in [0.2, 0.25) is 11.8 Å². The lowest BCUT2D eigenvalue weighted by Crippen LogP contribution is -2.44. The number of aliphatic hydroxyl groups is 1. The number of amides is 1. The van der Waals surface area contributed by atoms with E-state index in [9.17, 15) is 27.1 Å². The minimum Gasteiger partial charge on any atom is -0.395 e. The maximum Gasteiger partial charge on any atom is 0.248 e. The summed E-state index contributed by atoms with van der Waals surface area (Å²) in [6.45, 7) is 5.29. The van der Waals surface area contributed by atoms with Crippen LogP contribution in [0.1, 0.15) is 33.4 Å². The first-order chi connectivity index (χ1) is 12.3. The SMILES string of the molecule is CC(C)(CO)c1cc(NC(=O)C(C)(C)S(=O)(=O)c2cccc(F)c2F)on1. The van der Waals surface area contributed by atoms with Crippen LogP contribution in [0.4, 0.5) is 14.7 Å². The van der Waals surface area contributed by atoms with Crippen molar-refractivity contribution in [2.45, 2.75) is 42.8 Å². The zero-order valence-corrected chi connectivity index (χ0v) is 16.0. The van der Waals surface area contributed by atoms with Gasteiger partial charge >= 0.3 is 0 Å². The summed E-state index contributed by atoms with van der Waals surface area (Å²) in [5.74, 6) is -4.04. The lowest BCUT2D eigenvalue weighted by Gasteiger charge is -2.23. The number of nitrogens with zero attached hydrogens (tertiary/aromatic N) is 1. The molecule has 0 radical (unpaired) electrons. The predicted molar refractivity (Wildman–Crippen MR) is 92.9 cm³/mol. The van der Waals surface area contributed by atoms with Crippen LogP contribution < -0.4 is 5.32 Å². The van der Waals surface area contributed by atoms with Crippen molar-refractivity contribution in [1.82, 2.24) is 5.16 Å². The molecule has 27 heavy (non-hydrogen) atoms. The number of rotatable bonds is 6. The highest BCUT2D eigenvalue weighted by Crippen LogP contribution is 2.30. The van der Waals surface area contributed by atoms with Crippen molar-refractivity contribution in [1.29, 1.82) is 0 Å². The second-order valence-corrected chi connectivity index (χ2v) is 9.61. The van der Waals surface area contributed by atoms with Gasteiger partial charge < -0.3 is 9.63 Å². The van der Waals surface area contributed by atoms with Gasteiger partial charge in [-0.1, -0.05) is 25.1 Å². The van der Waals surface area contributed by atoms with Gasteiger partial charge in [-0.3, -0.25) is 10.1 Å². The van der Waals surface area contributed by atoms with E-state index in [-0.39, 0.29) is 12.5 Å². The number of hydrogen-bond donors (Lipinski definition) is 2. The number of halogens is 2. The Morgan fingerprint density at radius 2 is 1.89 bits per heavy atom. The number of benzene rings is 1. The van der Waals surface area contributed by atoms with Crippen LogP contribution in [0, 0.1) is 11.6 Å². The summed E-state index contributed by atoms with van der Waals surface area (Å²) in [5.41, 5.74) is -0.393. The van der Waals surface area contributed by atoms with Crippen LogP contribution in [-0.4, -0.2) is 35.9 Å².